The van der Waals surface area contributed by atoms with Gasteiger partial charge in [0.15, 0.2) is 0 Å². The number of carbonyl (C=O) groups is 1. The quantitative estimate of drug-likeness (QED) is 0.192. The molecule has 1 saturated heterocycles. The Morgan fingerprint density at radius 2 is 1.76 bits per heavy atom. The van der Waals surface area contributed by atoms with Gasteiger partial charge in [0.1, 0.15) is 35.7 Å². The number of aromatic nitrogens is 4. The molecule has 2 aliphatic heterocycles. The van der Waals surface area contributed by atoms with Gasteiger partial charge in [-0.05, 0) is 60.2 Å². The van der Waals surface area contributed by atoms with E-state index in [9.17, 15) is 23.1 Å². The van der Waals surface area contributed by atoms with Crippen molar-refractivity contribution < 1.29 is 32.2 Å². The van der Waals surface area contributed by atoms with Gasteiger partial charge < -0.3 is 19.7 Å². The van der Waals surface area contributed by atoms with E-state index in [0.717, 1.165) is 24.0 Å². The molecule has 0 unspecified atom stereocenters. The maximum Gasteiger partial charge on any atom is 0.401 e. The Morgan fingerprint density at radius 1 is 0.961 bits per heavy atom. The average molecular weight is 702 g/mol. The number of ether oxygens (including phenoxy) is 1. The van der Waals surface area contributed by atoms with Gasteiger partial charge in [-0.25, -0.2) is 14.4 Å². The smallest absolute Gasteiger partial charge is 0.401 e. The number of rotatable bonds is 8. The van der Waals surface area contributed by atoms with Crippen molar-refractivity contribution in [1.82, 2.24) is 29.7 Å². The molecule has 2 aromatic carbocycles. The molecule has 3 aromatic heterocycles. The molecule has 3 aliphatic rings. The molecule has 5 aromatic rings. The molecule has 51 heavy (non-hydrogen) atoms. The van der Waals surface area contributed by atoms with Crippen molar-refractivity contribution in [2.24, 2.45) is 0 Å². The zero-order valence-corrected chi connectivity index (χ0v) is 27.6. The van der Waals surface area contributed by atoms with Crippen LogP contribution >= 0.6 is 0 Å². The number of benzene rings is 2. The lowest BCUT2D eigenvalue weighted by Gasteiger charge is -2.34. The van der Waals surface area contributed by atoms with Crippen molar-refractivity contribution in [3.8, 4) is 28.4 Å². The van der Waals surface area contributed by atoms with E-state index >= 15 is 4.39 Å². The first-order valence-electron chi connectivity index (χ1n) is 17.0. The standard InChI is InChI=1S/C37H35F4N7O3/c38-28-14-24(23-5-6-23)15-32-33(28)36(50)48(12-13-51-32)31-3-1-2-25(27(31)19-49)34-26-16-30(45-35(26)44-21-43-34)29-7-4-22(17-42-29)18-46-8-10-47(11-9-46)20-37(39,40)41/h1-4,7,14-17,21,23,49H,5-6,8-13,18-20H2,(H,43,44,45). The summed E-state index contributed by atoms with van der Waals surface area (Å²) in [5.74, 6) is -0.614. The van der Waals surface area contributed by atoms with Crippen molar-refractivity contribution in [3.63, 3.8) is 0 Å². The number of pyridine rings is 1. The maximum absolute atomic E-state index is 15.4. The fraction of sp³-hybridized carbons (Fsp3) is 0.351. The van der Waals surface area contributed by atoms with E-state index in [1.54, 1.807) is 24.4 Å². The number of piperazine rings is 1. The summed E-state index contributed by atoms with van der Waals surface area (Å²) < 4.78 is 59.6. The van der Waals surface area contributed by atoms with Gasteiger partial charge in [-0.2, -0.15) is 13.2 Å². The highest BCUT2D eigenvalue weighted by atomic mass is 19.4. The number of hydrogen-bond acceptors (Lipinski definition) is 8. The summed E-state index contributed by atoms with van der Waals surface area (Å²) in [7, 11) is 0. The van der Waals surface area contributed by atoms with E-state index in [1.807, 2.05) is 24.3 Å². The van der Waals surface area contributed by atoms with Gasteiger partial charge in [0.2, 0.25) is 0 Å². The van der Waals surface area contributed by atoms with Crippen LogP contribution in [0.1, 0.15) is 45.8 Å². The number of aliphatic hydroxyl groups excluding tert-OH is 1. The second-order valence-electron chi connectivity index (χ2n) is 13.3. The van der Waals surface area contributed by atoms with Crippen LogP contribution in [0.2, 0.25) is 0 Å². The van der Waals surface area contributed by atoms with Crippen LogP contribution in [-0.2, 0) is 13.2 Å². The van der Waals surface area contributed by atoms with E-state index in [1.165, 1.54) is 22.2 Å². The van der Waals surface area contributed by atoms with Crippen molar-refractivity contribution in [2.75, 3.05) is 50.8 Å². The van der Waals surface area contributed by atoms with E-state index in [-0.39, 0.29) is 24.5 Å². The maximum atomic E-state index is 15.4. The molecule has 0 spiro atoms. The largest absolute Gasteiger partial charge is 0.491 e. The molecule has 1 aliphatic carbocycles. The van der Waals surface area contributed by atoms with Crippen molar-refractivity contribution in [2.45, 2.75) is 38.1 Å². The fourth-order valence-electron chi connectivity index (χ4n) is 7.09. The summed E-state index contributed by atoms with van der Waals surface area (Å²) in [6.07, 6.45) is 0.974. The molecule has 264 valence electrons. The number of anilines is 1. The Balaban J connectivity index is 1.04. The molecule has 10 nitrogen and oxygen atoms in total. The highest BCUT2D eigenvalue weighted by molar-refractivity contribution is 6.09. The number of carbonyl (C=O) groups excluding carboxylic acids is 1. The van der Waals surface area contributed by atoms with Crippen LogP contribution in [-0.4, -0.2) is 92.8 Å². The Bertz CT molecular complexity index is 2090. The number of halogens is 4. The summed E-state index contributed by atoms with van der Waals surface area (Å²) in [5.41, 5.74) is 5.59. The number of aliphatic hydroxyl groups is 1. The third kappa shape index (κ3) is 6.78. The van der Waals surface area contributed by atoms with Gasteiger partial charge in [0.05, 0.1) is 42.5 Å². The molecule has 1 saturated carbocycles. The molecular formula is C37H35F4N7O3. The molecule has 8 rings (SSSR count). The van der Waals surface area contributed by atoms with E-state index in [4.69, 9.17) is 4.74 Å². The molecule has 0 radical (unpaired) electrons. The SMILES string of the molecule is O=C1c2c(F)cc(C3CC3)cc2OCCN1c1cccc(-c2ncnc3[nH]c(-c4ccc(CN5CCN(CC(F)(F)F)CC5)cn4)cc23)c1CO. The minimum Gasteiger partial charge on any atom is -0.491 e. The van der Waals surface area contributed by atoms with Crippen LogP contribution in [0.15, 0.2) is 61.1 Å². The van der Waals surface area contributed by atoms with E-state index < -0.39 is 31.1 Å². The van der Waals surface area contributed by atoms with Crippen LogP contribution in [0.3, 0.4) is 0 Å². The summed E-state index contributed by atoms with van der Waals surface area (Å²) in [6.45, 7) is 1.42. The molecule has 2 N–H and O–H groups in total. The molecular weight excluding hydrogens is 666 g/mol. The number of amides is 1. The lowest BCUT2D eigenvalue weighted by Crippen LogP contribution is -2.48. The lowest BCUT2D eigenvalue weighted by molar-refractivity contribution is -0.149. The van der Waals surface area contributed by atoms with Crippen molar-refractivity contribution >= 4 is 22.6 Å². The van der Waals surface area contributed by atoms with Gasteiger partial charge in [0, 0.05) is 55.4 Å². The van der Waals surface area contributed by atoms with Crippen molar-refractivity contribution in [1.29, 1.82) is 0 Å². The Labute approximate surface area is 290 Å². The van der Waals surface area contributed by atoms with Gasteiger partial charge in [-0.15, -0.1) is 0 Å². The Kier molecular flexibility index (Phi) is 8.68. The third-order valence-corrected chi connectivity index (χ3v) is 9.81. The lowest BCUT2D eigenvalue weighted by atomic mass is 9.99. The van der Waals surface area contributed by atoms with Crippen LogP contribution in [0, 0.1) is 5.82 Å². The normalized spacial score (nSPS) is 17.4. The van der Waals surface area contributed by atoms with E-state index in [2.05, 4.69) is 24.8 Å². The fourth-order valence-corrected chi connectivity index (χ4v) is 7.09. The Hall–Kier alpha value is -4.92. The number of alkyl halides is 3. The first kappa shape index (κ1) is 33.2. The molecule has 1 amide bonds. The molecule has 5 heterocycles. The highest BCUT2D eigenvalue weighted by Crippen LogP contribution is 2.43. The first-order chi connectivity index (χ1) is 24.6. The number of nitrogens with one attached hydrogen (secondary N) is 1. The average Bonchev–Trinajstić information content (AvgIpc) is 3.90. The minimum atomic E-state index is -4.19. The monoisotopic (exact) mass is 701 g/mol. The summed E-state index contributed by atoms with van der Waals surface area (Å²) >= 11 is 0. The summed E-state index contributed by atoms with van der Waals surface area (Å²) in [5, 5.41) is 11.4. The number of nitrogens with zero attached hydrogens (tertiary/aromatic N) is 6. The number of H-pyrrole nitrogens is 1. The molecule has 2 fully saturated rings. The van der Waals surface area contributed by atoms with Crippen molar-refractivity contribution in [3.05, 3.63) is 89.1 Å². The van der Waals surface area contributed by atoms with Gasteiger partial charge in [-0.1, -0.05) is 18.2 Å². The molecule has 0 atom stereocenters. The Morgan fingerprint density at radius 3 is 2.49 bits per heavy atom. The van der Waals surface area contributed by atoms with Gasteiger partial charge >= 0.3 is 6.18 Å². The third-order valence-electron chi connectivity index (χ3n) is 9.81. The topological polar surface area (TPSA) is 111 Å². The van der Waals surface area contributed by atoms with Crippen LogP contribution in [0.4, 0.5) is 23.2 Å². The second-order valence-corrected chi connectivity index (χ2v) is 13.3. The zero-order chi connectivity index (χ0) is 35.3. The molecule has 0 bridgehead atoms. The van der Waals surface area contributed by atoms with Gasteiger partial charge in [-0.3, -0.25) is 19.6 Å². The van der Waals surface area contributed by atoms with Crippen LogP contribution in [0.5, 0.6) is 5.75 Å². The predicted molar refractivity (Wildman–Crippen MR) is 182 cm³/mol. The highest BCUT2D eigenvalue weighted by Gasteiger charge is 2.34. The zero-order valence-electron chi connectivity index (χ0n) is 27.6. The number of hydrogen-bond donors (Lipinski definition) is 2. The predicted octanol–water partition coefficient (Wildman–Crippen LogP) is 5.91. The van der Waals surface area contributed by atoms with Crippen LogP contribution < -0.4 is 9.64 Å². The van der Waals surface area contributed by atoms with Gasteiger partial charge in [0.25, 0.3) is 5.91 Å². The number of aromatic amines is 1. The summed E-state index contributed by atoms with van der Waals surface area (Å²) in [4.78, 5) is 35.8. The van der Waals surface area contributed by atoms with E-state index in [0.29, 0.717) is 83.6 Å². The summed E-state index contributed by atoms with van der Waals surface area (Å²) in [6, 6.07) is 14.2. The second kappa shape index (κ2) is 13.3. The molecule has 14 heteroatoms. The minimum absolute atomic E-state index is 0.118. The first-order valence-corrected chi connectivity index (χ1v) is 17.0. The number of fused-ring (bicyclic) bond motifs is 2. The van der Waals surface area contributed by atoms with Crippen LogP contribution in [0.25, 0.3) is 33.7 Å².